The first-order valence-electron chi connectivity index (χ1n) is 18.1. The summed E-state index contributed by atoms with van der Waals surface area (Å²) in [7, 11) is 0. The van der Waals surface area contributed by atoms with E-state index in [0.29, 0.717) is 69.8 Å². The van der Waals surface area contributed by atoms with E-state index in [2.05, 4.69) is 41.8 Å². The molecule has 2 heterocycles. The van der Waals surface area contributed by atoms with Gasteiger partial charge in [-0.1, -0.05) is 24.3 Å². The van der Waals surface area contributed by atoms with Gasteiger partial charge in [-0.15, -0.1) is 0 Å². The Balaban J connectivity index is 0.000000244. The number of aromatic nitrogens is 2. The van der Waals surface area contributed by atoms with Gasteiger partial charge in [0.05, 0.1) is 23.0 Å². The predicted molar refractivity (Wildman–Crippen MR) is 206 cm³/mol. The summed E-state index contributed by atoms with van der Waals surface area (Å²) < 4.78 is 33.3. The molecule has 0 unspecified atom stereocenters. The van der Waals surface area contributed by atoms with Crippen LogP contribution in [-0.2, 0) is 31.9 Å². The topological polar surface area (TPSA) is 108 Å². The highest BCUT2D eigenvalue weighted by Gasteiger charge is 2.46. The number of esters is 2. The summed E-state index contributed by atoms with van der Waals surface area (Å²) in [5.41, 5.74) is -0.0348. The maximum Gasteiger partial charge on any atom is 0.312 e. The van der Waals surface area contributed by atoms with E-state index in [4.69, 9.17) is 14.2 Å². The number of carbonyl (C=O) groups is 2. The molecule has 0 bridgehead atoms. The number of aliphatic hydroxyl groups excluding tert-OH is 1. The molecule has 284 valence electrons. The number of aryl methyl sites for hydroxylation is 1. The number of hydrogen-bond donors (Lipinski definition) is 1. The highest BCUT2D eigenvalue weighted by molar-refractivity contribution is 9.10. The number of hydrogen-bond acceptors (Lipinski definition) is 8. The van der Waals surface area contributed by atoms with Gasteiger partial charge in [0.2, 0.25) is 0 Å². The van der Waals surface area contributed by atoms with Crippen molar-refractivity contribution >= 4 is 43.8 Å². The van der Waals surface area contributed by atoms with Crippen molar-refractivity contribution in [3.8, 4) is 5.75 Å². The third-order valence-corrected chi connectivity index (χ3v) is 10.4. The first-order valence-corrected chi connectivity index (χ1v) is 19.7. The van der Waals surface area contributed by atoms with E-state index in [1.165, 1.54) is 0 Å². The highest BCUT2D eigenvalue weighted by atomic mass is 79.9. The smallest absolute Gasteiger partial charge is 0.312 e. The Labute approximate surface area is 324 Å². The van der Waals surface area contributed by atoms with Crippen LogP contribution < -0.4 is 4.74 Å². The molecular formula is C41H53Br2FN2O6. The van der Waals surface area contributed by atoms with Gasteiger partial charge >= 0.3 is 11.9 Å². The molecule has 0 amide bonds. The average molecular weight is 849 g/mol. The van der Waals surface area contributed by atoms with Gasteiger partial charge < -0.3 is 19.3 Å². The van der Waals surface area contributed by atoms with Crippen molar-refractivity contribution in [2.45, 2.75) is 136 Å². The predicted octanol–water partition coefficient (Wildman–Crippen LogP) is 9.83. The Morgan fingerprint density at radius 3 is 1.60 bits per heavy atom. The Kier molecular flexibility index (Phi) is 14.1. The van der Waals surface area contributed by atoms with E-state index in [1.807, 2.05) is 77.9 Å². The Morgan fingerprint density at radius 2 is 1.17 bits per heavy atom. The van der Waals surface area contributed by atoms with E-state index >= 15 is 0 Å². The number of ether oxygens (including phenoxy) is 3. The lowest BCUT2D eigenvalue weighted by molar-refractivity contribution is -0.172. The van der Waals surface area contributed by atoms with Crippen molar-refractivity contribution in [3.63, 3.8) is 0 Å². The molecule has 2 aromatic heterocycles. The first kappa shape index (κ1) is 41.9. The zero-order valence-electron chi connectivity index (χ0n) is 31.4. The van der Waals surface area contributed by atoms with Crippen LogP contribution >= 0.6 is 31.9 Å². The molecule has 1 aromatic carbocycles. The van der Waals surface area contributed by atoms with Crippen molar-refractivity contribution in [1.29, 1.82) is 0 Å². The molecule has 1 N–H and O–H groups in total. The number of nitrogens with zero attached hydrogens (tertiary/aromatic N) is 2. The second kappa shape index (κ2) is 17.5. The maximum atomic E-state index is 14.3. The fraction of sp³-hybridized carbons (Fsp3) is 0.561. The third-order valence-electron chi connectivity index (χ3n) is 9.50. The van der Waals surface area contributed by atoms with Crippen molar-refractivity contribution in [2.24, 2.45) is 10.8 Å². The SMILES string of the molecule is CC(C)(C)OC(=O)C1(Cc2cccc(Br)n2)CCC(O)CC1.Cc1cccc(OC2CCC(Cc3cccc(Br)n3)(C(=O)OC(C)(C)C)CC2)c1F. The largest absolute Gasteiger partial charge is 0.487 e. The molecule has 52 heavy (non-hydrogen) atoms. The van der Waals surface area contributed by atoms with Crippen LogP contribution in [-0.4, -0.2) is 50.4 Å². The zero-order valence-corrected chi connectivity index (χ0v) is 34.6. The van der Waals surface area contributed by atoms with Gasteiger partial charge in [-0.25, -0.2) is 14.4 Å². The molecule has 0 aliphatic heterocycles. The van der Waals surface area contributed by atoms with Gasteiger partial charge in [0.1, 0.15) is 20.4 Å². The number of benzene rings is 1. The van der Waals surface area contributed by atoms with E-state index < -0.39 is 22.0 Å². The fourth-order valence-electron chi connectivity index (χ4n) is 6.78. The summed E-state index contributed by atoms with van der Waals surface area (Å²) in [5.74, 6) is -0.413. The number of aliphatic hydroxyl groups is 1. The molecule has 2 saturated carbocycles. The van der Waals surface area contributed by atoms with Crippen molar-refractivity contribution in [1.82, 2.24) is 9.97 Å². The minimum Gasteiger partial charge on any atom is -0.487 e. The van der Waals surface area contributed by atoms with Crippen molar-refractivity contribution < 1.29 is 33.3 Å². The van der Waals surface area contributed by atoms with Crippen LogP contribution in [0.4, 0.5) is 4.39 Å². The second-order valence-electron chi connectivity index (χ2n) is 16.3. The number of pyridine rings is 2. The highest BCUT2D eigenvalue weighted by Crippen LogP contribution is 2.43. The molecule has 11 heteroatoms. The molecule has 0 atom stereocenters. The summed E-state index contributed by atoms with van der Waals surface area (Å²) in [4.78, 5) is 35.0. The van der Waals surface area contributed by atoms with Crippen LogP contribution in [0.3, 0.4) is 0 Å². The minimum atomic E-state index is -0.661. The van der Waals surface area contributed by atoms with Crippen LogP contribution in [0.5, 0.6) is 5.75 Å². The molecule has 0 spiro atoms. The summed E-state index contributed by atoms with van der Waals surface area (Å²) in [6, 6.07) is 16.6. The molecule has 5 rings (SSSR count). The molecular weight excluding hydrogens is 795 g/mol. The van der Waals surface area contributed by atoms with Gasteiger partial charge in [0.25, 0.3) is 0 Å². The lowest BCUT2D eigenvalue weighted by atomic mass is 9.70. The average Bonchev–Trinajstić information content (AvgIpc) is 3.04. The Bertz CT molecular complexity index is 1670. The summed E-state index contributed by atoms with van der Waals surface area (Å²) in [6.45, 7) is 13.0. The molecule has 0 saturated heterocycles. The van der Waals surface area contributed by atoms with E-state index in [9.17, 15) is 19.1 Å². The number of rotatable bonds is 8. The zero-order chi connectivity index (χ0) is 38.3. The molecule has 2 aliphatic rings. The normalized spacial score (nSPS) is 23.5. The number of halogens is 3. The van der Waals surface area contributed by atoms with E-state index in [-0.39, 0.29) is 35.7 Å². The fourth-order valence-corrected chi connectivity index (χ4v) is 7.54. The maximum absolute atomic E-state index is 14.3. The first-order chi connectivity index (χ1) is 24.3. The summed E-state index contributed by atoms with van der Waals surface area (Å²) >= 11 is 6.78. The lowest BCUT2D eigenvalue weighted by Gasteiger charge is -2.39. The van der Waals surface area contributed by atoms with E-state index in [1.54, 1.807) is 25.1 Å². The monoisotopic (exact) mass is 846 g/mol. The summed E-state index contributed by atoms with van der Waals surface area (Å²) in [6.07, 6.45) is 5.66. The van der Waals surface area contributed by atoms with Crippen LogP contribution in [0.25, 0.3) is 0 Å². The van der Waals surface area contributed by atoms with Crippen molar-refractivity contribution in [2.75, 3.05) is 0 Å². The van der Waals surface area contributed by atoms with E-state index in [0.717, 1.165) is 20.6 Å². The van der Waals surface area contributed by atoms with Crippen LogP contribution in [0, 0.1) is 23.6 Å². The molecule has 8 nitrogen and oxygen atoms in total. The standard InChI is InChI=1S/C24H29BrFNO3.C17H24BrNO3/c1-16-7-5-9-19(21(16)26)29-18-11-13-24(14-12-18,22(28)30-23(2,3)4)15-17-8-6-10-20(25)27-17;1-16(2,3)22-15(21)17(9-7-13(20)8-10-17)11-12-5-4-6-14(18)19-12/h5-10,18H,11-15H2,1-4H3;4-6,13,20H,7-11H2,1-3H3. The van der Waals surface area contributed by atoms with Crippen LogP contribution in [0.2, 0.25) is 0 Å². The lowest BCUT2D eigenvalue weighted by Crippen LogP contribution is -2.44. The molecule has 2 aliphatic carbocycles. The molecule has 2 fully saturated rings. The minimum absolute atomic E-state index is 0.132. The van der Waals surface area contributed by atoms with Crippen molar-refractivity contribution in [3.05, 3.63) is 86.6 Å². The van der Waals surface area contributed by atoms with Gasteiger partial charge in [-0.2, -0.15) is 0 Å². The van der Waals surface area contributed by atoms with Gasteiger partial charge in [0.15, 0.2) is 11.6 Å². The number of carbonyl (C=O) groups excluding carboxylic acids is 2. The second-order valence-corrected chi connectivity index (χ2v) is 17.9. The Morgan fingerprint density at radius 1 is 0.750 bits per heavy atom. The van der Waals surface area contributed by atoms with Crippen LogP contribution in [0.15, 0.2) is 63.8 Å². The van der Waals surface area contributed by atoms with Gasteiger partial charge in [-0.05, 0) is 168 Å². The Hall–Kier alpha value is -2.89. The van der Waals surface area contributed by atoms with Gasteiger partial charge in [-0.3, -0.25) is 9.59 Å². The molecule has 3 aromatic rings. The molecule has 0 radical (unpaired) electrons. The summed E-state index contributed by atoms with van der Waals surface area (Å²) in [5, 5.41) is 9.79. The quantitative estimate of drug-likeness (QED) is 0.177. The van der Waals surface area contributed by atoms with Crippen LogP contribution in [0.1, 0.15) is 110 Å². The third kappa shape index (κ3) is 12.1. The van der Waals surface area contributed by atoms with Gasteiger partial charge in [0, 0.05) is 24.2 Å².